The van der Waals surface area contributed by atoms with Crippen LogP contribution in [-0.2, 0) is 0 Å². The van der Waals surface area contributed by atoms with Gasteiger partial charge in [-0.15, -0.1) is 0 Å². The van der Waals surface area contributed by atoms with Crippen LogP contribution in [0.4, 0.5) is 0 Å². The molecule has 1 fully saturated rings. The average molecular weight is 298 g/mol. The average Bonchev–Trinajstić information content (AvgIpc) is 3.08. The van der Waals surface area contributed by atoms with Gasteiger partial charge in [0, 0.05) is 22.1 Å². The van der Waals surface area contributed by atoms with E-state index in [4.69, 9.17) is 0 Å². The van der Waals surface area contributed by atoms with E-state index < -0.39 is 0 Å². The summed E-state index contributed by atoms with van der Waals surface area (Å²) in [7, 11) is 0. The first-order valence-corrected chi connectivity index (χ1v) is 7.19. The van der Waals surface area contributed by atoms with Gasteiger partial charge >= 0.3 is 0 Å². The third-order valence-corrected chi connectivity index (χ3v) is 4.13. The van der Waals surface area contributed by atoms with Crippen molar-refractivity contribution >= 4 is 15.9 Å². The monoisotopic (exact) mass is 297 g/mol. The summed E-state index contributed by atoms with van der Waals surface area (Å²) in [5.74, 6) is 1.22. The number of nitrogens with one attached hydrogen (secondary N) is 1. The lowest BCUT2D eigenvalue weighted by molar-refractivity contribution is 0.435. The zero-order valence-corrected chi connectivity index (χ0v) is 12.0. The highest BCUT2D eigenvalue weighted by molar-refractivity contribution is 9.10. The number of aromatic hydroxyl groups is 1. The van der Waals surface area contributed by atoms with Crippen molar-refractivity contribution in [2.75, 3.05) is 0 Å². The van der Waals surface area contributed by atoms with Crippen LogP contribution < -0.4 is 5.32 Å². The van der Waals surface area contributed by atoms with Crippen molar-refractivity contribution in [1.82, 2.24) is 5.32 Å². The van der Waals surface area contributed by atoms with Crippen molar-refractivity contribution in [2.45, 2.75) is 45.2 Å². The van der Waals surface area contributed by atoms with Crippen molar-refractivity contribution in [3.8, 4) is 5.75 Å². The number of hydrogen-bond acceptors (Lipinski definition) is 2. The molecule has 0 heterocycles. The number of benzene rings is 1. The highest BCUT2D eigenvalue weighted by atomic mass is 79.9. The van der Waals surface area contributed by atoms with Gasteiger partial charge in [0.05, 0.1) is 0 Å². The van der Waals surface area contributed by atoms with Gasteiger partial charge in [-0.3, -0.25) is 0 Å². The minimum absolute atomic E-state index is 0.258. The molecule has 0 bridgehead atoms. The molecule has 3 heteroatoms. The molecule has 17 heavy (non-hydrogen) atoms. The molecule has 0 amide bonds. The Morgan fingerprint density at radius 1 is 1.47 bits per heavy atom. The van der Waals surface area contributed by atoms with E-state index in [0.29, 0.717) is 11.8 Å². The van der Waals surface area contributed by atoms with Crippen LogP contribution in [-0.4, -0.2) is 11.1 Å². The van der Waals surface area contributed by atoms with Crippen molar-refractivity contribution < 1.29 is 5.11 Å². The molecule has 0 aromatic heterocycles. The molecule has 0 saturated heterocycles. The van der Waals surface area contributed by atoms with Crippen LogP contribution in [0.3, 0.4) is 0 Å². The molecular weight excluding hydrogens is 278 g/mol. The van der Waals surface area contributed by atoms with Crippen LogP contribution in [0.2, 0.25) is 0 Å². The van der Waals surface area contributed by atoms with Gasteiger partial charge in [-0.05, 0) is 37.0 Å². The third-order valence-electron chi connectivity index (χ3n) is 3.64. The summed E-state index contributed by atoms with van der Waals surface area (Å²) in [6.07, 6.45) is 3.53. The molecule has 3 unspecified atom stereocenters. The van der Waals surface area contributed by atoms with E-state index in [9.17, 15) is 5.11 Å². The molecule has 0 radical (unpaired) electrons. The van der Waals surface area contributed by atoms with E-state index in [0.717, 1.165) is 22.4 Å². The van der Waals surface area contributed by atoms with Gasteiger partial charge in [-0.1, -0.05) is 36.2 Å². The fraction of sp³-hybridized carbons (Fsp3) is 0.571. The van der Waals surface area contributed by atoms with Crippen LogP contribution in [0.5, 0.6) is 5.75 Å². The smallest absolute Gasteiger partial charge is 0.120 e. The summed E-state index contributed by atoms with van der Waals surface area (Å²) < 4.78 is 1.02. The predicted molar refractivity (Wildman–Crippen MR) is 74.2 cm³/mol. The summed E-state index contributed by atoms with van der Waals surface area (Å²) in [5, 5.41) is 13.6. The Kier molecular flexibility index (Phi) is 4.10. The zero-order valence-electron chi connectivity index (χ0n) is 10.4. The molecule has 1 aromatic carbocycles. The van der Waals surface area contributed by atoms with Crippen molar-refractivity contribution in [3.63, 3.8) is 0 Å². The van der Waals surface area contributed by atoms with E-state index >= 15 is 0 Å². The molecule has 0 spiro atoms. The normalized spacial score (nSPS) is 24.6. The van der Waals surface area contributed by atoms with Crippen LogP contribution in [0.1, 0.15) is 44.7 Å². The minimum Gasteiger partial charge on any atom is -0.508 e. The first kappa shape index (κ1) is 12.9. The Balaban J connectivity index is 2.09. The Morgan fingerprint density at radius 2 is 2.24 bits per heavy atom. The van der Waals surface area contributed by atoms with E-state index in [1.807, 2.05) is 12.1 Å². The molecule has 2 rings (SSSR count). The highest BCUT2D eigenvalue weighted by Crippen LogP contribution is 2.37. The molecule has 1 aromatic rings. The van der Waals surface area contributed by atoms with Gasteiger partial charge in [0.1, 0.15) is 5.75 Å². The Morgan fingerprint density at radius 3 is 2.82 bits per heavy atom. The second-order valence-electron chi connectivity index (χ2n) is 4.84. The molecule has 1 aliphatic carbocycles. The lowest BCUT2D eigenvalue weighted by atomic mass is 10.0. The Hall–Kier alpha value is -0.540. The van der Waals surface area contributed by atoms with Crippen molar-refractivity contribution in [2.24, 2.45) is 5.92 Å². The van der Waals surface area contributed by atoms with Gasteiger partial charge in [0.25, 0.3) is 0 Å². The second-order valence-corrected chi connectivity index (χ2v) is 5.76. The van der Waals surface area contributed by atoms with E-state index in [1.165, 1.54) is 12.8 Å². The number of halogens is 1. The minimum atomic E-state index is 0.258. The van der Waals surface area contributed by atoms with Gasteiger partial charge in [0.15, 0.2) is 0 Å². The quantitative estimate of drug-likeness (QED) is 0.861. The molecule has 2 nitrogen and oxygen atoms in total. The second kappa shape index (κ2) is 5.40. The number of phenols is 1. The molecule has 2 N–H and O–H groups in total. The van der Waals surface area contributed by atoms with Crippen LogP contribution >= 0.6 is 15.9 Å². The van der Waals surface area contributed by atoms with Gasteiger partial charge < -0.3 is 10.4 Å². The van der Waals surface area contributed by atoms with E-state index in [-0.39, 0.29) is 6.04 Å². The summed E-state index contributed by atoms with van der Waals surface area (Å²) in [6.45, 7) is 4.39. The van der Waals surface area contributed by atoms with Crippen LogP contribution in [0.25, 0.3) is 0 Å². The third kappa shape index (κ3) is 3.02. The SMILES string of the molecule is CCC(NC1CC1CC)c1cc(Br)ccc1O. The number of phenolic OH excluding ortho intramolecular Hbond substituents is 1. The first-order valence-electron chi connectivity index (χ1n) is 6.40. The van der Waals surface area contributed by atoms with Crippen molar-refractivity contribution in [3.05, 3.63) is 28.2 Å². The van der Waals surface area contributed by atoms with Crippen LogP contribution in [0.15, 0.2) is 22.7 Å². The molecular formula is C14H20BrNO. The Bertz CT molecular complexity index is 394. The highest BCUT2D eigenvalue weighted by Gasteiger charge is 2.36. The summed E-state index contributed by atoms with van der Waals surface area (Å²) in [4.78, 5) is 0. The standard InChI is InChI=1S/C14H20BrNO/c1-3-9-7-13(9)16-12(4-2)11-8-10(15)5-6-14(11)17/h5-6,8-9,12-13,16-17H,3-4,7H2,1-2H3. The fourth-order valence-corrected chi connectivity index (χ4v) is 2.77. The lowest BCUT2D eigenvalue weighted by Crippen LogP contribution is -2.24. The van der Waals surface area contributed by atoms with E-state index in [1.54, 1.807) is 6.07 Å². The molecule has 3 atom stereocenters. The Labute approximate surface area is 112 Å². The van der Waals surface area contributed by atoms with Crippen molar-refractivity contribution in [1.29, 1.82) is 0 Å². The lowest BCUT2D eigenvalue weighted by Gasteiger charge is -2.19. The zero-order chi connectivity index (χ0) is 12.4. The first-order chi connectivity index (χ1) is 8.15. The maximum atomic E-state index is 9.93. The van der Waals surface area contributed by atoms with Crippen LogP contribution in [0, 0.1) is 5.92 Å². The maximum Gasteiger partial charge on any atom is 0.120 e. The van der Waals surface area contributed by atoms with Gasteiger partial charge in [0.2, 0.25) is 0 Å². The maximum absolute atomic E-state index is 9.93. The molecule has 1 aliphatic rings. The topological polar surface area (TPSA) is 32.3 Å². The number of rotatable bonds is 5. The largest absolute Gasteiger partial charge is 0.508 e. The summed E-state index contributed by atoms with van der Waals surface area (Å²) in [5.41, 5.74) is 1.00. The fourth-order valence-electron chi connectivity index (χ4n) is 2.39. The molecule has 0 aliphatic heterocycles. The molecule has 1 saturated carbocycles. The molecule has 94 valence electrons. The van der Waals surface area contributed by atoms with Gasteiger partial charge in [-0.2, -0.15) is 0 Å². The van der Waals surface area contributed by atoms with Gasteiger partial charge in [-0.25, -0.2) is 0 Å². The van der Waals surface area contributed by atoms with E-state index in [2.05, 4.69) is 35.1 Å². The number of hydrogen-bond donors (Lipinski definition) is 2. The predicted octanol–water partition coefficient (Wildman–Crippen LogP) is 3.99. The summed E-state index contributed by atoms with van der Waals surface area (Å²) in [6, 6.07) is 6.54. The summed E-state index contributed by atoms with van der Waals surface area (Å²) >= 11 is 3.46.